The van der Waals surface area contributed by atoms with Crippen LogP contribution in [-0.4, -0.2) is 21.2 Å². The molecule has 0 bridgehead atoms. The SMILES string of the molecule is CC(Sc1nnc(-c2ccccc2)o1)C(=O)c1ccc(Br)cc1. The van der Waals surface area contributed by atoms with Crippen LogP contribution in [-0.2, 0) is 0 Å². The first-order valence-electron chi connectivity index (χ1n) is 6.99. The number of aromatic nitrogens is 2. The van der Waals surface area contributed by atoms with Gasteiger partial charge in [0.15, 0.2) is 5.78 Å². The average molecular weight is 389 g/mol. The van der Waals surface area contributed by atoms with E-state index in [1.54, 1.807) is 12.1 Å². The molecule has 116 valence electrons. The Morgan fingerprint density at radius 2 is 1.78 bits per heavy atom. The van der Waals surface area contributed by atoms with Crippen LogP contribution < -0.4 is 0 Å². The van der Waals surface area contributed by atoms with Crippen molar-refractivity contribution >= 4 is 33.5 Å². The molecule has 1 atom stereocenters. The van der Waals surface area contributed by atoms with Gasteiger partial charge in [-0.2, -0.15) is 0 Å². The number of thioether (sulfide) groups is 1. The van der Waals surface area contributed by atoms with Crippen molar-refractivity contribution in [2.24, 2.45) is 0 Å². The van der Waals surface area contributed by atoms with Crippen molar-refractivity contribution < 1.29 is 9.21 Å². The topological polar surface area (TPSA) is 56.0 Å². The molecule has 0 aliphatic carbocycles. The number of hydrogen-bond donors (Lipinski definition) is 0. The molecule has 1 unspecified atom stereocenters. The van der Waals surface area contributed by atoms with Gasteiger partial charge in [-0.15, -0.1) is 10.2 Å². The smallest absolute Gasteiger partial charge is 0.277 e. The zero-order valence-corrected chi connectivity index (χ0v) is 14.7. The second kappa shape index (κ2) is 7.10. The van der Waals surface area contributed by atoms with E-state index < -0.39 is 0 Å². The lowest BCUT2D eigenvalue weighted by Gasteiger charge is -2.07. The molecular weight excluding hydrogens is 376 g/mol. The number of nitrogens with zero attached hydrogens (tertiary/aromatic N) is 2. The molecule has 0 aliphatic heterocycles. The van der Waals surface area contributed by atoms with E-state index in [1.807, 2.05) is 49.4 Å². The summed E-state index contributed by atoms with van der Waals surface area (Å²) in [5.41, 5.74) is 1.52. The van der Waals surface area contributed by atoms with Crippen LogP contribution in [0.1, 0.15) is 17.3 Å². The number of halogens is 1. The summed E-state index contributed by atoms with van der Waals surface area (Å²) in [7, 11) is 0. The van der Waals surface area contributed by atoms with E-state index in [0.29, 0.717) is 16.7 Å². The predicted octanol–water partition coefficient (Wildman–Crippen LogP) is 4.86. The molecule has 0 aliphatic rings. The molecule has 0 saturated heterocycles. The van der Waals surface area contributed by atoms with Crippen LogP contribution in [0.15, 0.2) is 68.7 Å². The Morgan fingerprint density at radius 1 is 1.09 bits per heavy atom. The first-order valence-corrected chi connectivity index (χ1v) is 8.66. The average Bonchev–Trinajstić information content (AvgIpc) is 3.04. The number of carbonyl (C=O) groups excluding carboxylic acids is 1. The Kier molecular flexibility index (Phi) is 4.93. The molecule has 6 heteroatoms. The Bertz CT molecular complexity index is 803. The molecule has 2 aromatic carbocycles. The van der Waals surface area contributed by atoms with Gasteiger partial charge >= 0.3 is 0 Å². The van der Waals surface area contributed by atoms with Crippen molar-refractivity contribution in [2.45, 2.75) is 17.4 Å². The fourth-order valence-electron chi connectivity index (χ4n) is 2.01. The van der Waals surface area contributed by atoms with Crippen molar-refractivity contribution in [3.05, 3.63) is 64.6 Å². The summed E-state index contributed by atoms with van der Waals surface area (Å²) in [4.78, 5) is 12.4. The van der Waals surface area contributed by atoms with Crippen LogP contribution in [0.25, 0.3) is 11.5 Å². The van der Waals surface area contributed by atoms with Crippen LogP contribution >= 0.6 is 27.7 Å². The number of hydrogen-bond acceptors (Lipinski definition) is 5. The molecule has 3 rings (SSSR count). The lowest BCUT2D eigenvalue weighted by atomic mass is 10.1. The largest absolute Gasteiger partial charge is 0.411 e. The highest BCUT2D eigenvalue weighted by atomic mass is 79.9. The van der Waals surface area contributed by atoms with Gasteiger partial charge in [-0.1, -0.05) is 58.0 Å². The van der Waals surface area contributed by atoms with Gasteiger partial charge in [0.2, 0.25) is 5.89 Å². The Morgan fingerprint density at radius 3 is 2.48 bits per heavy atom. The zero-order chi connectivity index (χ0) is 16.2. The first kappa shape index (κ1) is 16.0. The molecule has 0 fully saturated rings. The van der Waals surface area contributed by atoms with E-state index in [1.165, 1.54) is 11.8 Å². The van der Waals surface area contributed by atoms with Gasteiger partial charge < -0.3 is 4.42 Å². The van der Waals surface area contributed by atoms with Gasteiger partial charge in [-0.3, -0.25) is 4.79 Å². The minimum absolute atomic E-state index is 0.0296. The number of rotatable bonds is 5. The van der Waals surface area contributed by atoms with E-state index in [-0.39, 0.29) is 11.0 Å². The van der Waals surface area contributed by atoms with Crippen LogP contribution in [0.5, 0.6) is 0 Å². The summed E-state index contributed by atoms with van der Waals surface area (Å²) >= 11 is 4.63. The number of benzene rings is 2. The van der Waals surface area contributed by atoms with Crippen molar-refractivity contribution in [2.75, 3.05) is 0 Å². The maximum absolute atomic E-state index is 12.4. The van der Waals surface area contributed by atoms with Gasteiger partial charge in [0.1, 0.15) is 0 Å². The summed E-state index contributed by atoms with van der Waals surface area (Å²) in [5, 5.41) is 8.12. The second-order valence-electron chi connectivity index (χ2n) is 4.87. The standard InChI is InChI=1S/C17H13BrN2O2S/c1-11(15(21)12-7-9-14(18)10-8-12)23-17-20-19-16(22-17)13-5-3-2-4-6-13/h2-11H,1H3. The molecule has 0 spiro atoms. The van der Waals surface area contributed by atoms with Crippen LogP contribution in [0.2, 0.25) is 0 Å². The highest BCUT2D eigenvalue weighted by Crippen LogP contribution is 2.27. The van der Waals surface area contributed by atoms with Gasteiger partial charge in [0, 0.05) is 15.6 Å². The van der Waals surface area contributed by atoms with Crippen LogP contribution in [0.3, 0.4) is 0 Å². The predicted molar refractivity (Wildman–Crippen MR) is 93.5 cm³/mol. The summed E-state index contributed by atoms with van der Waals surface area (Å²) in [6, 6.07) is 16.8. The number of ketones is 1. The molecule has 0 N–H and O–H groups in total. The van der Waals surface area contributed by atoms with Crippen molar-refractivity contribution in [3.8, 4) is 11.5 Å². The van der Waals surface area contributed by atoms with Crippen molar-refractivity contribution in [1.29, 1.82) is 0 Å². The lowest BCUT2D eigenvalue weighted by molar-refractivity contribution is 0.0993. The van der Waals surface area contributed by atoms with Gasteiger partial charge in [0.05, 0.1) is 5.25 Å². The second-order valence-corrected chi connectivity index (χ2v) is 7.08. The van der Waals surface area contributed by atoms with E-state index in [9.17, 15) is 4.79 Å². The van der Waals surface area contributed by atoms with E-state index in [2.05, 4.69) is 26.1 Å². The molecule has 0 radical (unpaired) electrons. The van der Waals surface area contributed by atoms with Gasteiger partial charge in [-0.25, -0.2) is 0 Å². The highest BCUT2D eigenvalue weighted by Gasteiger charge is 2.20. The zero-order valence-electron chi connectivity index (χ0n) is 12.3. The molecule has 23 heavy (non-hydrogen) atoms. The van der Waals surface area contributed by atoms with Gasteiger partial charge in [0.25, 0.3) is 5.22 Å². The number of carbonyl (C=O) groups is 1. The van der Waals surface area contributed by atoms with Crippen LogP contribution in [0, 0.1) is 0 Å². The highest BCUT2D eigenvalue weighted by molar-refractivity contribution is 9.10. The van der Waals surface area contributed by atoms with Crippen LogP contribution in [0.4, 0.5) is 0 Å². The summed E-state index contributed by atoms with van der Waals surface area (Å²) in [6.07, 6.45) is 0. The van der Waals surface area contributed by atoms with E-state index >= 15 is 0 Å². The van der Waals surface area contributed by atoms with Crippen molar-refractivity contribution in [1.82, 2.24) is 10.2 Å². The summed E-state index contributed by atoms with van der Waals surface area (Å²) in [5.74, 6) is 0.485. The molecule has 0 saturated carbocycles. The van der Waals surface area contributed by atoms with E-state index in [0.717, 1.165) is 10.0 Å². The summed E-state index contributed by atoms with van der Waals surface area (Å²) in [6.45, 7) is 1.83. The molecule has 1 heterocycles. The molecule has 4 nitrogen and oxygen atoms in total. The fourth-order valence-corrected chi connectivity index (χ4v) is 3.03. The van der Waals surface area contributed by atoms with E-state index in [4.69, 9.17) is 4.42 Å². The third-order valence-corrected chi connectivity index (χ3v) is 4.67. The Labute approximate surface area is 146 Å². The molecule has 1 aromatic heterocycles. The Balaban J connectivity index is 1.71. The minimum Gasteiger partial charge on any atom is -0.411 e. The lowest BCUT2D eigenvalue weighted by Crippen LogP contribution is -2.13. The fraction of sp³-hybridized carbons (Fsp3) is 0.118. The third kappa shape index (κ3) is 3.89. The summed E-state index contributed by atoms with van der Waals surface area (Å²) < 4.78 is 6.57. The maximum atomic E-state index is 12.4. The quantitative estimate of drug-likeness (QED) is 0.461. The van der Waals surface area contributed by atoms with Crippen molar-refractivity contribution in [3.63, 3.8) is 0 Å². The van der Waals surface area contributed by atoms with Gasteiger partial charge in [-0.05, 0) is 31.2 Å². The molecular formula is C17H13BrN2O2S. The normalized spacial score (nSPS) is 12.1. The minimum atomic E-state index is -0.305. The third-order valence-electron chi connectivity index (χ3n) is 3.20. The molecule has 3 aromatic rings. The monoisotopic (exact) mass is 388 g/mol. The number of Topliss-reactive ketones (excluding diaryl/α,β-unsaturated/α-hetero) is 1. The Hall–Kier alpha value is -1.92. The maximum Gasteiger partial charge on any atom is 0.277 e. The first-order chi connectivity index (χ1) is 11.1. The molecule has 0 amide bonds.